The van der Waals surface area contributed by atoms with Gasteiger partial charge in [-0.05, 0) is 36.4 Å². The second-order valence-corrected chi connectivity index (χ2v) is 5.90. The number of ether oxygens (including phenoxy) is 2. The Bertz CT molecular complexity index is 727. The molecule has 2 rings (SSSR count). The Morgan fingerprint density at radius 2 is 1.67 bits per heavy atom. The first-order chi connectivity index (χ1) is 9.96. The number of benzene rings is 2. The fourth-order valence-corrected chi connectivity index (χ4v) is 2.99. The minimum absolute atomic E-state index is 0.0232. The van der Waals surface area contributed by atoms with E-state index in [-0.39, 0.29) is 10.6 Å². The van der Waals surface area contributed by atoms with E-state index < -0.39 is 10.0 Å². The van der Waals surface area contributed by atoms with Crippen molar-refractivity contribution in [2.75, 3.05) is 24.7 Å². The summed E-state index contributed by atoms with van der Waals surface area (Å²) in [4.78, 5) is 0.0232. The SMILES string of the molecule is COc1ccc(NS(=O)(=O)c2ccc(N)cc2OC)cc1. The first-order valence-corrected chi connectivity index (χ1v) is 7.55. The fraction of sp³-hybridized carbons (Fsp3) is 0.143. The molecule has 0 amide bonds. The molecular weight excluding hydrogens is 292 g/mol. The normalized spacial score (nSPS) is 11.0. The van der Waals surface area contributed by atoms with Gasteiger partial charge in [-0.25, -0.2) is 8.42 Å². The van der Waals surface area contributed by atoms with E-state index in [0.717, 1.165) is 0 Å². The Hall–Kier alpha value is -2.41. The van der Waals surface area contributed by atoms with Gasteiger partial charge in [0.25, 0.3) is 10.0 Å². The van der Waals surface area contributed by atoms with Gasteiger partial charge in [-0.2, -0.15) is 0 Å². The van der Waals surface area contributed by atoms with E-state index in [4.69, 9.17) is 15.2 Å². The number of rotatable bonds is 5. The van der Waals surface area contributed by atoms with Crippen molar-refractivity contribution in [3.05, 3.63) is 42.5 Å². The van der Waals surface area contributed by atoms with E-state index in [2.05, 4.69) is 4.72 Å². The summed E-state index contributed by atoms with van der Waals surface area (Å²) in [5.41, 5.74) is 6.47. The highest BCUT2D eigenvalue weighted by Crippen LogP contribution is 2.28. The molecule has 0 bridgehead atoms. The Kier molecular flexibility index (Phi) is 4.23. The molecule has 0 aliphatic rings. The molecule has 3 N–H and O–H groups in total. The highest BCUT2D eigenvalue weighted by Gasteiger charge is 2.19. The number of nitrogens with two attached hydrogens (primary N) is 1. The highest BCUT2D eigenvalue weighted by molar-refractivity contribution is 7.92. The Morgan fingerprint density at radius 3 is 2.24 bits per heavy atom. The van der Waals surface area contributed by atoms with Crippen LogP contribution in [0.4, 0.5) is 11.4 Å². The summed E-state index contributed by atoms with van der Waals surface area (Å²) < 4.78 is 37.3. The molecule has 0 aromatic heterocycles. The quantitative estimate of drug-likeness (QED) is 0.825. The van der Waals surface area contributed by atoms with E-state index in [1.54, 1.807) is 31.4 Å². The molecule has 0 fully saturated rings. The third-order valence-corrected chi connectivity index (χ3v) is 4.24. The van der Waals surface area contributed by atoms with Crippen LogP contribution in [0.15, 0.2) is 47.4 Å². The van der Waals surface area contributed by atoms with Crippen LogP contribution in [0.5, 0.6) is 11.5 Å². The Labute approximate surface area is 123 Å². The lowest BCUT2D eigenvalue weighted by molar-refractivity contribution is 0.403. The van der Waals surface area contributed by atoms with Gasteiger partial charge in [-0.15, -0.1) is 0 Å². The second kappa shape index (κ2) is 5.92. The van der Waals surface area contributed by atoms with Crippen molar-refractivity contribution < 1.29 is 17.9 Å². The molecule has 2 aromatic carbocycles. The maximum absolute atomic E-state index is 12.4. The number of methoxy groups -OCH3 is 2. The van der Waals surface area contributed by atoms with Gasteiger partial charge in [-0.1, -0.05) is 0 Å². The van der Waals surface area contributed by atoms with Crippen LogP contribution in [0.25, 0.3) is 0 Å². The predicted octanol–water partition coefficient (Wildman–Crippen LogP) is 2.09. The average molecular weight is 308 g/mol. The van der Waals surface area contributed by atoms with Gasteiger partial charge in [0.15, 0.2) is 0 Å². The zero-order valence-electron chi connectivity index (χ0n) is 11.7. The predicted molar refractivity (Wildman–Crippen MR) is 81.2 cm³/mol. The number of anilines is 2. The summed E-state index contributed by atoms with van der Waals surface area (Å²) in [7, 11) is -0.834. The summed E-state index contributed by atoms with van der Waals surface area (Å²) in [6, 6.07) is 10.9. The van der Waals surface area contributed by atoms with E-state index in [9.17, 15) is 8.42 Å². The Morgan fingerprint density at radius 1 is 1.00 bits per heavy atom. The smallest absolute Gasteiger partial charge is 0.265 e. The molecule has 0 aliphatic carbocycles. The van der Waals surface area contributed by atoms with Crippen molar-refractivity contribution in [1.29, 1.82) is 0 Å². The maximum atomic E-state index is 12.4. The van der Waals surface area contributed by atoms with Crippen LogP contribution in [0.2, 0.25) is 0 Å². The van der Waals surface area contributed by atoms with Crippen molar-refractivity contribution in [2.24, 2.45) is 0 Å². The lowest BCUT2D eigenvalue weighted by atomic mass is 10.3. The lowest BCUT2D eigenvalue weighted by Crippen LogP contribution is -2.14. The van der Waals surface area contributed by atoms with E-state index >= 15 is 0 Å². The fourth-order valence-electron chi connectivity index (χ4n) is 1.78. The van der Waals surface area contributed by atoms with Gasteiger partial charge >= 0.3 is 0 Å². The van der Waals surface area contributed by atoms with Crippen molar-refractivity contribution in [3.63, 3.8) is 0 Å². The third kappa shape index (κ3) is 3.38. The van der Waals surface area contributed by atoms with Gasteiger partial charge in [-0.3, -0.25) is 4.72 Å². The summed E-state index contributed by atoms with van der Waals surface area (Å²) in [5.74, 6) is 0.832. The van der Waals surface area contributed by atoms with Crippen LogP contribution >= 0.6 is 0 Å². The molecule has 2 aromatic rings. The van der Waals surface area contributed by atoms with E-state index in [0.29, 0.717) is 17.1 Å². The molecule has 6 nitrogen and oxygen atoms in total. The van der Waals surface area contributed by atoms with Crippen LogP contribution in [-0.4, -0.2) is 22.6 Å². The molecular formula is C14H16N2O4S. The van der Waals surface area contributed by atoms with Crippen molar-refractivity contribution in [1.82, 2.24) is 0 Å². The van der Waals surface area contributed by atoms with Crippen molar-refractivity contribution in [2.45, 2.75) is 4.90 Å². The summed E-state index contributed by atoms with van der Waals surface area (Å²) in [5, 5.41) is 0. The van der Waals surface area contributed by atoms with E-state index in [1.165, 1.54) is 25.3 Å². The van der Waals surface area contributed by atoms with Gasteiger partial charge in [0.1, 0.15) is 16.4 Å². The molecule has 21 heavy (non-hydrogen) atoms. The van der Waals surface area contributed by atoms with Crippen LogP contribution in [0.1, 0.15) is 0 Å². The summed E-state index contributed by atoms with van der Waals surface area (Å²) in [6.07, 6.45) is 0. The first kappa shape index (κ1) is 15.0. The van der Waals surface area contributed by atoms with Gasteiger partial charge < -0.3 is 15.2 Å². The average Bonchev–Trinajstić information content (AvgIpc) is 2.47. The van der Waals surface area contributed by atoms with Crippen LogP contribution in [-0.2, 0) is 10.0 Å². The van der Waals surface area contributed by atoms with Gasteiger partial charge in [0.05, 0.1) is 14.2 Å². The standard InChI is InChI=1S/C14H16N2O4S/c1-19-12-6-4-11(5-7-12)16-21(17,18)14-8-3-10(15)9-13(14)20-2/h3-9,16H,15H2,1-2H3. The summed E-state index contributed by atoms with van der Waals surface area (Å²) in [6.45, 7) is 0. The molecule has 0 heterocycles. The third-order valence-electron chi connectivity index (χ3n) is 2.82. The molecule has 0 atom stereocenters. The minimum atomic E-state index is -3.76. The molecule has 0 radical (unpaired) electrons. The number of hydrogen-bond acceptors (Lipinski definition) is 5. The number of nitrogens with one attached hydrogen (secondary N) is 1. The van der Waals surface area contributed by atoms with E-state index in [1.807, 2.05) is 0 Å². The molecule has 112 valence electrons. The number of nitrogen functional groups attached to an aromatic ring is 1. The maximum Gasteiger partial charge on any atom is 0.265 e. The van der Waals surface area contributed by atoms with Gasteiger partial charge in [0.2, 0.25) is 0 Å². The monoisotopic (exact) mass is 308 g/mol. The van der Waals surface area contributed by atoms with Gasteiger partial charge in [0, 0.05) is 17.4 Å². The van der Waals surface area contributed by atoms with Crippen LogP contribution < -0.4 is 19.9 Å². The van der Waals surface area contributed by atoms with Crippen molar-refractivity contribution >= 4 is 21.4 Å². The molecule has 0 unspecified atom stereocenters. The van der Waals surface area contributed by atoms with Crippen LogP contribution in [0.3, 0.4) is 0 Å². The topological polar surface area (TPSA) is 90.7 Å². The largest absolute Gasteiger partial charge is 0.497 e. The molecule has 0 saturated carbocycles. The molecule has 0 saturated heterocycles. The Balaban J connectivity index is 2.33. The van der Waals surface area contributed by atoms with Crippen LogP contribution in [0, 0.1) is 0 Å². The van der Waals surface area contributed by atoms with Crippen molar-refractivity contribution in [3.8, 4) is 11.5 Å². The summed E-state index contributed by atoms with van der Waals surface area (Å²) >= 11 is 0. The zero-order chi connectivity index (χ0) is 15.5. The number of hydrogen-bond donors (Lipinski definition) is 2. The molecule has 0 spiro atoms. The first-order valence-electron chi connectivity index (χ1n) is 6.06. The second-order valence-electron chi connectivity index (χ2n) is 4.24. The molecule has 0 aliphatic heterocycles. The minimum Gasteiger partial charge on any atom is -0.497 e. The molecule has 7 heteroatoms. The zero-order valence-corrected chi connectivity index (χ0v) is 12.5. The lowest BCUT2D eigenvalue weighted by Gasteiger charge is -2.12. The number of sulfonamides is 1. The highest BCUT2D eigenvalue weighted by atomic mass is 32.2.